The van der Waals surface area contributed by atoms with E-state index in [0.717, 1.165) is 0 Å². The fourth-order valence-corrected chi connectivity index (χ4v) is 2.01. The summed E-state index contributed by atoms with van der Waals surface area (Å²) in [5.74, 6) is 0.272. The molecule has 1 aliphatic heterocycles. The Balaban J connectivity index is 2.13. The fourth-order valence-electron chi connectivity index (χ4n) is 1.83. The van der Waals surface area contributed by atoms with Gasteiger partial charge in [0.05, 0.1) is 11.6 Å². The van der Waals surface area contributed by atoms with Crippen LogP contribution >= 0.6 is 11.6 Å². The zero-order valence-electron chi connectivity index (χ0n) is 9.89. The maximum atomic E-state index is 9.79. The van der Waals surface area contributed by atoms with Gasteiger partial charge in [-0.25, -0.2) is 0 Å². The third kappa shape index (κ3) is 3.00. The van der Waals surface area contributed by atoms with E-state index < -0.39 is 37.3 Å². The van der Waals surface area contributed by atoms with E-state index in [1.807, 2.05) is 0 Å². The average molecular weight is 291 g/mol. The Kier molecular flexibility index (Phi) is 4.62. The minimum atomic E-state index is -1.47. The number of benzene rings is 1. The summed E-state index contributed by atoms with van der Waals surface area (Å²) < 4.78 is 10.6. The van der Waals surface area contributed by atoms with Crippen LogP contribution in [0.15, 0.2) is 24.3 Å². The maximum Gasteiger partial charge on any atom is 0.229 e. The van der Waals surface area contributed by atoms with Gasteiger partial charge < -0.3 is 29.9 Å². The van der Waals surface area contributed by atoms with Gasteiger partial charge in [0.15, 0.2) is 0 Å². The molecule has 1 heterocycles. The number of rotatable bonds is 3. The molecule has 0 aromatic heterocycles. The van der Waals surface area contributed by atoms with E-state index in [1.54, 1.807) is 24.3 Å². The monoisotopic (exact) mass is 290 g/mol. The first-order valence-electron chi connectivity index (χ1n) is 5.76. The van der Waals surface area contributed by atoms with Crippen molar-refractivity contribution in [3.63, 3.8) is 0 Å². The van der Waals surface area contributed by atoms with Gasteiger partial charge in [-0.3, -0.25) is 0 Å². The number of aliphatic hydroxyl groups excluding tert-OH is 4. The van der Waals surface area contributed by atoms with Crippen LogP contribution in [0.3, 0.4) is 0 Å². The third-order valence-electron chi connectivity index (χ3n) is 2.93. The van der Waals surface area contributed by atoms with E-state index in [1.165, 1.54) is 0 Å². The standard InChI is InChI=1S/C12H15ClO6/c13-6-3-1-2-4-7(6)18-12-11(17)10(16)9(15)8(5-14)19-12/h1-4,8-12,14-17H,5H2/t8-,9+,10+,11-,12-/m1/s1. The zero-order valence-corrected chi connectivity index (χ0v) is 10.6. The molecule has 6 nitrogen and oxygen atoms in total. The first-order chi connectivity index (χ1) is 9.04. The molecule has 0 bridgehead atoms. The Labute approximate surface area is 114 Å². The zero-order chi connectivity index (χ0) is 14.0. The predicted octanol–water partition coefficient (Wildman–Crippen LogP) is -0.481. The molecule has 4 N–H and O–H groups in total. The largest absolute Gasteiger partial charge is 0.460 e. The van der Waals surface area contributed by atoms with E-state index in [-0.39, 0.29) is 5.75 Å². The van der Waals surface area contributed by atoms with Crippen molar-refractivity contribution < 1.29 is 29.9 Å². The first-order valence-corrected chi connectivity index (χ1v) is 6.14. The molecule has 0 unspecified atom stereocenters. The number of para-hydroxylation sites is 1. The van der Waals surface area contributed by atoms with Gasteiger partial charge >= 0.3 is 0 Å². The van der Waals surface area contributed by atoms with Crippen molar-refractivity contribution in [1.82, 2.24) is 0 Å². The summed E-state index contributed by atoms with van der Waals surface area (Å²) in [5.41, 5.74) is 0. The van der Waals surface area contributed by atoms with Crippen molar-refractivity contribution in [1.29, 1.82) is 0 Å². The van der Waals surface area contributed by atoms with Gasteiger partial charge in [0.2, 0.25) is 6.29 Å². The van der Waals surface area contributed by atoms with Crippen LogP contribution in [0.1, 0.15) is 0 Å². The van der Waals surface area contributed by atoms with Crippen molar-refractivity contribution >= 4 is 11.6 Å². The molecule has 19 heavy (non-hydrogen) atoms. The maximum absolute atomic E-state index is 9.79. The van der Waals surface area contributed by atoms with Crippen LogP contribution in [-0.4, -0.2) is 57.7 Å². The lowest BCUT2D eigenvalue weighted by Gasteiger charge is -2.39. The van der Waals surface area contributed by atoms with Gasteiger partial charge in [0.1, 0.15) is 30.2 Å². The van der Waals surface area contributed by atoms with Crippen LogP contribution in [0.5, 0.6) is 5.75 Å². The van der Waals surface area contributed by atoms with Crippen LogP contribution in [0.25, 0.3) is 0 Å². The van der Waals surface area contributed by atoms with Crippen molar-refractivity contribution in [2.24, 2.45) is 0 Å². The fraction of sp³-hybridized carbons (Fsp3) is 0.500. The van der Waals surface area contributed by atoms with Crippen LogP contribution in [0.2, 0.25) is 5.02 Å². The predicted molar refractivity (Wildman–Crippen MR) is 65.8 cm³/mol. The van der Waals surface area contributed by atoms with E-state index in [4.69, 9.17) is 26.2 Å². The summed E-state index contributed by atoms with van der Waals surface area (Å²) in [5, 5.41) is 38.4. The summed E-state index contributed by atoms with van der Waals surface area (Å²) in [6.45, 7) is -0.507. The van der Waals surface area contributed by atoms with Gasteiger partial charge in [-0.15, -0.1) is 0 Å². The molecule has 0 amide bonds. The van der Waals surface area contributed by atoms with Crippen molar-refractivity contribution in [3.8, 4) is 5.75 Å². The molecule has 0 spiro atoms. The van der Waals surface area contributed by atoms with Crippen molar-refractivity contribution in [2.45, 2.75) is 30.7 Å². The van der Waals surface area contributed by atoms with Gasteiger partial charge in [-0.05, 0) is 12.1 Å². The minimum absolute atomic E-state index is 0.272. The summed E-state index contributed by atoms with van der Waals surface area (Å²) in [6.07, 6.45) is -6.57. The van der Waals surface area contributed by atoms with E-state index >= 15 is 0 Å². The number of hydrogen-bond donors (Lipinski definition) is 4. The smallest absolute Gasteiger partial charge is 0.229 e. The molecular weight excluding hydrogens is 276 g/mol. The highest BCUT2D eigenvalue weighted by Gasteiger charge is 2.44. The summed E-state index contributed by atoms with van der Waals surface area (Å²) >= 11 is 5.90. The molecule has 7 heteroatoms. The summed E-state index contributed by atoms with van der Waals surface area (Å²) in [4.78, 5) is 0. The van der Waals surface area contributed by atoms with Crippen molar-refractivity contribution in [3.05, 3.63) is 29.3 Å². The second-order valence-corrected chi connectivity index (χ2v) is 4.65. The van der Waals surface area contributed by atoms with Crippen LogP contribution < -0.4 is 4.74 Å². The second-order valence-electron chi connectivity index (χ2n) is 4.25. The van der Waals surface area contributed by atoms with E-state index in [2.05, 4.69) is 0 Å². The molecule has 1 saturated heterocycles. The third-order valence-corrected chi connectivity index (χ3v) is 3.24. The SMILES string of the molecule is OC[C@H]1O[C@@H](Oc2ccccc2Cl)[C@H](O)[C@@H](O)[C@H]1O. The second kappa shape index (κ2) is 6.04. The molecule has 0 saturated carbocycles. The number of ether oxygens (including phenoxy) is 2. The highest BCUT2D eigenvalue weighted by molar-refractivity contribution is 6.32. The molecule has 0 radical (unpaired) electrons. The Morgan fingerprint density at radius 3 is 2.42 bits per heavy atom. The average Bonchev–Trinajstić information content (AvgIpc) is 2.41. The minimum Gasteiger partial charge on any atom is -0.460 e. The molecular formula is C12H15ClO6. The molecule has 1 aliphatic rings. The lowest BCUT2D eigenvalue weighted by molar-refractivity contribution is -0.277. The number of halogens is 1. The summed E-state index contributed by atoms with van der Waals surface area (Å²) in [6, 6.07) is 6.57. The lowest BCUT2D eigenvalue weighted by Crippen LogP contribution is -2.60. The quantitative estimate of drug-likeness (QED) is 0.600. The molecule has 106 valence electrons. The molecule has 0 aliphatic carbocycles. The van der Waals surface area contributed by atoms with Gasteiger partial charge in [0, 0.05) is 0 Å². The Bertz CT molecular complexity index is 426. The van der Waals surface area contributed by atoms with E-state index in [0.29, 0.717) is 5.02 Å². The van der Waals surface area contributed by atoms with Crippen LogP contribution in [0.4, 0.5) is 0 Å². The van der Waals surface area contributed by atoms with Gasteiger partial charge in [-0.1, -0.05) is 23.7 Å². The Hall–Kier alpha value is -0.890. The van der Waals surface area contributed by atoms with Crippen LogP contribution in [-0.2, 0) is 4.74 Å². The highest BCUT2D eigenvalue weighted by atomic mass is 35.5. The van der Waals surface area contributed by atoms with E-state index in [9.17, 15) is 15.3 Å². The molecule has 1 aromatic rings. The van der Waals surface area contributed by atoms with Gasteiger partial charge in [-0.2, -0.15) is 0 Å². The number of hydrogen-bond acceptors (Lipinski definition) is 6. The molecule has 1 fully saturated rings. The van der Waals surface area contributed by atoms with Crippen LogP contribution in [0, 0.1) is 0 Å². The first kappa shape index (κ1) is 14.5. The van der Waals surface area contributed by atoms with Gasteiger partial charge in [0.25, 0.3) is 0 Å². The highest BCUT2D eigenvalue weighted by Crippen LogP contribution is 2.28. The Morgan fingerprint density at radius 2 is 1.79 bits per heavy atom. The lowest BCUT2D eigenvalue weighted by atomic mass is 9.99. The summed E-state index contributed by atoms with van der Waals surface area (Å²) in [7, 11) is 0. The molecule has 5 atom stereocenters. The van der Waals surface area contributed by atoms with Crippen molar-refractivity contribution in [2.75, 3.05) is 6.61 Å². The topological polar surface area (TPSA) is 99.4 Å². The molecule has 2 rings (SSSR count). The number of aliphatic hydroxyl groups is 4. The normalized spacial score (nSPS) is 35.1. The molecule has 1 aromatic carbocycles. The Morgan fingerprint density at radius 1 is 1.11 bits per heavy atom.